The minimum atomic E-state index is -0.121. The van der Waals surface area contributed by atoms with E-state index >= 15 is 0 Å². The quantitative estimate of drug-likeness (QED) is 0.411. The SMILES string of the molecule is Cn1ccnc1C(=O)N1CCN(C(=O)c2ccc(Nc3nc4ccccc4n4nnnc34)cc2)CC1. The number of aromatic nitrogens is 7. The van der Waals surface area contributed by atoms with Crippen molar-refractivity contribution in [1.82, 2.24) is 44.4 Å². The summed E-state index contributed by atoms with van der Waals surface area (Å²) >= 11 is 0. The number of anilines is 2. The monoisotopic (exact) mass is 482 g/mol. The van der Waals surface area contributed by atoms with Crippen molar-refractivity contribution in [2.45, 2.75) is 0 Å². The summed E-state index contributed by atoms with van der Waals surface area (Å²) in [6.07, 6.45) is 3.35. The first kappa shape index (κ1) is 21.6. The fourth-order valence-electron chi connectivity index (χ4n) is 4.33. The van der Waals surface area contributed by atoms with Crippen LogP contribution < -0.4 is 5.32 Å². The van der Waals surface area contributed by atoms with Gasteiger partial charge >= 0.3 is 0 Å². The Balaban J connectivity index is 1.14. The number of hydrogen-bond donors (Lipinski definition) is 1. The number of benzene rings is 2. The minimum Gasteiger partial charge on any atom is -0.337 e. The normalized spacial score (nSPS) is 13.9. The van der Waals surface area contributed by atoms with Crippen LogP contribution in [0.1, 0.15) is 21.0 Å². The van der Waals surface area contributed by atoms with Gasteiger partial charge in [0.2, 0.25) is 5.65 Å². The lowest BCUT2D eigenvalue weighted by atomic mass is 10.1. The summed E-state index contributed by atoms with van der Waals surface area (Å²) in [7, 11) is 1.79. The third kappa shape index (κ3) is 3.78. The van der Waals surface area contributed by atoms with Gasteiger partial charge in [0.1, 0.15) is 0 Å². The minimum absolute atomic E-state index is 0.0708. The maximum atomic E-state index is 13.1. The van der Waals surface area contributed by atoms with Crippen molar-refractivity contribution >= 4 is 40.0 Å². The summed E-state index contributed by atoms with van der Waals surface area (Å²) in [6, 6.07) is 14.8. The molecule has 0 unspecified atom stereocenters. The van der Waals surface area contributed by atoms with E-state index in [1.807, 2.05) is 36.4 Å². The highest BCUT2D eigenvalue weighted by Gasteiger charge is 2.27. The highest BCUT2D eigenvalue weighted by Crippen LogP contribution is 2.23. The van der Waals surface area contributed by atoms with Crippen LogP contribution in [0, 0.1) is 0 Å². The van der Waals surface area contributed by atoms with Crippen LogP contribution in [0.25, 0.3) is 16.7 Å². The number of tetrazole rings is 1. The molecule has 12 heteroatoms. The molecule has 3 aromatic heterocycles. The van der Waals surface area contributed by atoms with Crippen molar-refractivity contribution in [3.05, 3.63) is 72.3 Å². The van der Waals surface area contributed by atoms with Crippen LogP contribution in [-0.4, -0.2) is 82.4 Å². The number of amides is 2. The van der Waals surface area contributed by atoms with Gasteiger partial charge in [0.15, 0.2) is 11.6 Å². The lowest BCUT2D eigenvalue weighted by Crippen LogP contribution is -2.51. The second-order valence-corrected chi connectivity index (χ2v) is 8.51. The molecule has 1 fully saturated rings. The molecule has 0 bridgehead atoms. The zero-order chi connectivity index (χ0) is 24.6. The first-order valence-electron chi connectivity index (χ1n) is 11.5. The Morgan fingerprint density at radius 1 is 0.917 bits per heavy atom. The molecule has 2 aromatic carbocycles. The van der Waals surface area contributed by atoms with Crippen LogP contribution in [0.3, 0.4) is 0 Å². The van der Waals surface area contributed by atoms with Gasteiger partial charge in [-0.3, -0.25) is 9.59 Å². The molecule has 6 rings (SSSR count). The molecule has 0 aliphatic carbocycles. The number of aryl methyl sites for hydroxylation is 1. The molecule has 180 valence electrons. The molecular formula is C24H22N10O2. The van der Waals surface area contributed by atoms with Gasteiger partial charge in [-0.15, -0.1) is 5.10 Å². The Hall–Kier alpha value is -4.87. The van der Waals surface area contributed by atoms with Gasteiger partial charge in [-0.2, -0.15) is 4.52 Å². The molecule has 1 N–H and O–H groups in total. The number of rotatable bonds is 4. The number of imidazole rings is 1. The zero-order valence-corrected chi connectivity index (χ0v) is 19.4. The Morgan fingerprint density at radius 2 is 1.64 bits per heavy atom. The second-order valence-electron chi connectivity index (χ2n) is 8.51. The van der Waals surface area contributed by atoms with E-state index in [4.69, 9.17) is 0 Å². The number of carbonyl (C=O) groups excluding carboxylic acids is 2. The lowest BCUT2D eigenvalue weighted by molar-refractivity contribution is 0.0527. The van der Waals surface area contributed by atoms with Crippen molar-refractivity contribution in [2.24, 2.45) is 7.05 Å². The number of para-hydroxylation sites is 2. The van der Waals surface area contributed by atoms with Crippen LogP contribution in [0.4, 0.5) is 11.5 Å². The van der Waals surface area contributed by atoms with E-state index < -0.39 is 0 Å². The van der Waals surface area contributed by atoms with Gasteiger partial charge in [-0.05, 0) is 46.8 Å². The third-order valence-corrected chi connectivity index (χ3v) is 6.28. The average Bonchev–Trinajstić information content (AvgIpc) is 3.58. The van der Waals surface area contributed by atoms with E-state index in [0.717, 1.165) is 16.7 Å². The second kappa shape index (κ2) is 8.73. The maximum absolute atomic E-state index is 13.1. The number of nitrogens with zero attached hydrogens (tertiary/aromatic N) is 9. The summed E-state index contributed by atoms with van der Waals surface area (Å²) in [6.45, 7) is 1.86. The molecule has 36 heavy (non-hydrogen) atoms. The largest absolute Gasteiger partial charge is 0.337 e. The highest BCUT2D eigenvalue weighted by atomic mass is 16.2. The maximum Gasteiger partial charge on any atom is 0.289 e. The first-order chi connectivity index (χ1) is 17.6. The molecule has 1 aliphatic rings. The summed E-state index contributed by atoms with van der Waals surface area (Å²) in [4.78, 5) is 38.0. The Labute approximate surface area is 205 Å². The fourth-order valence-corrected chi connectivity index (χ4v) is 4.33. The number of carbonyl (C=O) groups is 2. The summed E-state index contributed by atoms with van der Waals surface area (Å²) < 4.78 is 3.34. The Bertz CT molecular complexity index is 1580. The third-order valence-electron chi connectivity index (χ3n) is 6.28. The molecule has 5 aromatic rings. The molecule has 1 saturated heterocycles. The highest BCUT2D eigenvalue weighted by molar-refractivity contribution is 5.95. The topological polar surface area (TPSA) is 126 Å². The average molecular weight is 483 g/mol. The van der Waals surface area contributed by atoms with Gasteiger partial charge in [-0.1, -0.05) is 12.1 Å². The van der Waals surface area contributed by atoms with Crippen LogP contribution in [0.5, 0.6) is 0 Å². The van der Waals surface area contributed by atoms with Crippen molar-refractivity contribution < 1.29 is 9.59 Å². The molecule has 0 radical (unpaired) electrons. The van der Waals surface area contributed by atoms with Crippen molar-refractivity contribution in [3.63, 3.8) is 0 Å². The number of piperazine rings is 1. The predicted molar refractivity (Wildman–Crippen MR) is 131 cm³/mol. The van der Waals surface area contributed by atoms with Gasteiger partial charge < -0.3 is 19.7 Å². The van der Waals surface area contributed by atoms with Crippen LogP contribution in [0.15, 0.2) is 60.9 Å². The number of nitrogens with one attached hydrogen (secondary N) is 1. The van der Waals surface area contributed by atoms with E-state index in [9.17, 15) is 9.59 Å². The number of hydrogen-bond acceptors (Lipinski definition) is 8. The predicted octanol–water partition coefficient (Wildman–Crippen LogP) is 1.75. The summed E-state index contributed by atoms with van der Waals surface area (Å²) in [5.41, 5.74) is 3.40. The van der Waals surface area contributed by atoms with Crippen molar-refractivity contribution in [3.8, 4) is 0 Å². The number of fused-ring (bicyclic) bond motifs is 3. The van der Waals surface area contributed by atoms with Crippen LogP contribution >= 0.6 is 0 Å². The molecule has 2 amide bonds. The molecule has 4 heterocycles. The van der Waals surface area contributed by atoms with Gasteiger partial charge in [-0.25, -0.2) is 9.97 Å². The summed E-state index contributed by atoms with van der Waals surface area (Å²) in [5, 5.41) is 15.2. The first-order valence-corrected chi connectivity index (χ1v) is 11.5. The van der Waals surface area contributed by atoms with E-state index in [0.29, 0.717) is 49.0 Å². The molecule has 0 spiro atoms. The molecule has 12 nitrogen and oxygen atoms in total. The molecular weight excluding hydrogens is 460 g/mol. The van der Waals surface area contributed by atoms with Gasteiger partial charge in [0.25, 0.3) is 11.8 Å². The van der Waals surface area contributed by atoms with Gasteiger partial charge in [0, 0.05) is 56.9 Å². The van der Waals surface area contributed by atoms with E-state index in [1.54, 1.807) is 50.5 Å². The van der Waals surface area contributed by atoms with Gasteiger partial charge in [0.05, 0.1) is 11.0 Å². The van der Waals surface area contributed by atoms with E-state index in [2.05, 4.69) is 30.8 Å². The van der Waals surface area contributed by atoms with Crippen molar-refractivity contribution in [2.75, 3.05) is 31.5 Å². The van der Waals surface area contributed by atoms with Crippen molar-refractivity contribution in [1.29, 1.82) is 0 Å². The standard InChI is InChI=1S/C24H22N10O2/c1-31-11-10-25-22(31)24(36)33-14-12-32(13-15-33)23(35)16-6-8-17(9-7-16)26-20-21-28-29-30-34(21)19-5-3-2-4-18(19)27-20/h2-11H,12-15H2,1H3,(H,26,27). The van der Waals surface area contributed by atoms with E-state index in [1.165, 1.54) is 0 Å². The van der Waals surface area contributed by atoms with Crippen LogP contribution in [0.2, 0.25) is 0 Å². The molecule has 1 aliphatic heterocycles. The lowest BCUT2D eigenvalue weighted by Gasteiger charge is -2.34. The summed E-state index contributed by atoms with van der Waals surface area (Å²) in [5.74, 6) is 0.729. The van der Waals surface area contributed by atoms with E-state index in [-0.39, 0.29) is 11.8 Å². The Kier molecular flexibility index (Phi) is 5.25. The molecule has 0 saturated carbocycles. The smallest absolute Gasteiger partial charge is 0.289 e. The zero-order valence-electron chi connectivity index (χ0n) is 19.4. The molecule has 0 atom stereocenters. The fraction of sp³-hybridized carbons (Fsp3) is 0.208. The Morgan fingerprint density at radius 3 is 2.36 bits per heavy atom. The van der Waals surface area contributed by atoms with Crippen LogP contribution in [-0.2, 0) is 7.05 Å².